The highest BCUT2D eigenvalue weighted by atomic mass is 16.5. The van der Waals surface area contributed by atoms with E-state index in [1.807, 2.05) is 6.20 Å². The minimum atomic E-state index is -0.248. The third-order valence-electron chi connectivity index (χ3n) is 4.25. The van der Waals surface area contributed by atoms with E-state index in [0.29, 0.717) is 12.3 Å². The van der Waals surface area contributed by atoms with Crippen LogP contribution in [0.2, 0.25) is 0 Å². The second-order valence-corrected chi connectivity index (χ2v) is 5.73. The van der Waals surface area contributed by atoms with Crippen LogP contribution in [0.25, 0.3) is 0 Å². The summed E-state index contributed by atoms with van der Waals surface area (Å²) in [6.07, 6.45) is 10.9. The number of carbonyl (C=O) groups excluding carboxylic acids is 1. The van der Waals surface area contributed by atoms with Crippen LogP contribution in [0.5, 0.6) is 0 Å². The van der Waals surface area contributed by atoms with Crippen LogP contribution in [0.15, 0.2) is 12.4 Å². The van der Waals surface area contributed by atoms with Crippen molar-refractivity contribution in [3.63, 3.8) is 0 Å². The Kier molecular flexibility index (Phi) is 5.77. The topological polar surface area (TPSA) is 44.1 Å². The number of aryl methyl sites for hydroxylation is 1. The fourth-order valence-electron chi connectivity index (χ4n) is 3.23. The van der Waals surface area contributed by atoms with Gasteiger partial charge in [-0.05, 0) is 25.2 Å². The molecule has 0 amide bonds. The maximum absolute atomic E-state index is 12.5. The SMILES string of the molecule is CCCn1ccnc1CC(=O)C(OC)C1CCCCC1. The maximum atomic E-state index is 12.5. The number of rotatable bonds is 7. The van der Waals surface area contributed by atoms with Crippen molar-refractivity contribution >= 4 is 5.78 Å². The van der Waals surface area contributed by atoms with Gasteiger partial charge < -0.3 is 9.30 Å². The van der Waals surface area contributed by atoms with Gasteiger partial charge in [0.25, 0.3) is 0 Å². The van der Waals surface area contributed by atoms with Crippen LogP contribution in [0, 0.1) is 5.92 Å². The zero-order valence-electron chi connectivity index (χ0n) is 12.7. The molecule has 4 nitrogen and oxygen atoms in total. The van der Waals surface area contributed by atoms with Crippen molar-refractivity contribution in [1.29, 1.82) is 0 Å². The Morgan fingerprint density at radius 3 is 2.85 bits per heavy atom. The van der Waals surface area contributed by atoms with Crippen molar-refractivity contribution in [1.82, 2.24) is 9.55 Å². The van der Waals surface area contributed by atoms with Gasteiger partial charge in [0.05, 0.1) is 6.42 Å². The van der Waals surface area contributed by atoms with Gasteiger partial charge in [-0.15, -0.1) is 0 Å². The molecule has 0 saturated heterocycles. The van der Waals surface area contributed by atoms with Gasteiger partial charge in [-0.1, -0.05) is 26.2 Å². The lowest BCUT2D eigenvalue weighted by molar-refractivity contribution is -0.132. The lowest BCUT2D eigenvalue weighted by atomic mass is 9.83. The molecule has 1 aromatic rings. The summed E-state index contributed by atoms with van der Waals surface area (Å²) in [7, 11) is 1.66. The van der Waals surface area contributed by atoms with Crippen LogP contribution in [0.4, 0.5) is 0 Å². The Balaban J connectivity index is 1.99. The smallest absolute Gasteiger partial charge is 0.169 e. The molecule has 1 unspecified atom stereocenters. The van der Waals surface area contributed by atoms with E-state index in [9.17, 15) is 4.79 Å². The number of ether oxygens (including phenoxy) is 1. The molecule has 0 bridgehead atoms. The van der Waals surface area contributed by atoms with Crippen LogP contribution in [0.1, 0.15) is 51.3 Å². The second-order valence-electron chi connectivity index (χ2n) is 5.73. The number of Topliss-reactive ketones (excluding diaryl/α,β-unsaturated/α-hetero) is 1. The van der Waals surface area contributed by atoms with Crippen LogP contribution < -0.4 is 0 Å². The fraction of sp³-hybridized carbons (Fsp3) is 0.750. The van der Waals surface area contributed by atoms with E-state index < -0.39 is 0 Å². The Labute approximate surface area is 121 Å². The van der Waals surface area contributed by atoms with Crippen molar-refractivity contribution in [2.45, 2.75) is 64.5 Å². The molecule has 112 valence electrons. The Hall–Kier alpha value is -1.16. The Morgan fingerprint density at radius 1 is 1.45 bits per heavy atom. The van der Waals surface area contributed by atoms with Gasteiger partial charge in [0.2, 0.25) is 0 Å². The molecule has 20 heavy (non-hydrogen) atoms. The Bertz CT molecular complexity index is 422. The molecule has 4 heteroatoms. The zero-order valence-corrected chi connectivity index (χ0v) is 12.7. The molecule has 1 fully saturated rings. The van der Waals surface area contributed by atoms with Crippen LogP contribution in [-0.2, 0) is 22.5 Å². The van der Waals surface area contributed by atoms with Gasteiger partial charge >= 0.3 is 0 Å². The third-order valence-corrected chi connectivity index (χ3v) is 4.25. The molecule has 1 atom stereocenters. The highest BCUT2D eigenvalue weighted by Crippen LogP contribution is 2.28. The van der Waals surface area contributed by atoms with Gasteiger partial charge in [0, 0.05) is 26.0 Å². The minimum Gasteiger partial charge on any atom is -0.373 e. The van der Waals surface area contributed by atoms with Crippen molar-refractivity contribution in [3.8, 4) is 0 Å². The van der Waals surface area contributed by atoms with E-state index in [1.165, 1.54) is 19.3 Å². The average Bonchev–Trinajstić information content (AvgIpc) is 2.88. The molecule has 1 heterocycles. The van der Waals surface area contributed by atoms with Gasteiger partial charge in [0.15, 0.2) is 5.78 Å². The number of ketones is 1. The maximum Gasteiger partial charge on any atom is 0.169 e. The molecule has 0 spiro atoms. The normalized spacial score (nSPS) is 18.1. The predicted octanol–water partition coefficient (Wildman–Crippen LogP) is 3.00. The molecule has 1 aromatic heterocycles. The zero-order chi connectivity index (χ0) is 14.4. The number of nitrogens with zero attached hydrogens (tertiary/aromatic N) is 2. The second kappa shape index (κ2) is 7.58. The highest BCUT2D eigenvalue weighted by molar-refractivity contribution is 5.85. The summed E-state index contributed by atoms with van der Waals surface area (Å²) in [4.78, 5) is 16.8. The summed E-state index contributed by atoms with van der Waals surface area (Å²) in [5.74, 6) is 1.45. The summed E-state index contributed by atoms with van der Waals surface area (Å²) >= 11 is 0. The third kappa shape index (κ3) is 3.69. The molecule has 0 N–H and O–H groups in total. The number of carbonyl (C=O) groups is 1. The largest absolute Gasteiger partial charge is 0.373 e. The molecule has 0 aromatic carbocycles. The van der Waals surface area contributed by atoms with Gasteiger partial charge in [-0.25, -0.2) is 4.98 Å². The average molecular weight is 278 g/mol. The molecule has 1 saturated carbocycles. The standard InChI is InChI=1S/C16H26N2O2/c1-3-10-18-11-9-17-15(18)12-14(19)16(20-2)13-7-5-4-6-8-13/h9,11,13,16H,3-8,10,12H2,1-2H3. The number of hydrogen-bond donors (Lipinski definition) is 0. The van der Waals surface area contributed by atoms with E-state index in [1.54, 1.807) is 13.3 Å². The highest BCUT2D eigenvalue weighted by Gasteiger charge is 2.29. The summed E-state index contributed by atoms with van der Waals surface area (Å²) < 4.78 is 7.59. The van der Waals surface area contributed by atoms with E-state index in [2.05, 4.69) is 16.5 Å². The van der Waals surface area contributed by atoms with E-state index >= 15 is 0 Å². The van der Waals surface area contributed by atoms with Crippen molar-refractivity contribution < 1.29 is 9.53 Å². The number of methoxy groups -OCH3 is 1. The van der Waals surface area contributed by atoms with Gasteiger partial charge in [-0.2, -0.15) is 0 Å². The van der Waals surface area contributed by atoms with Gasteiger partial charge in [-0.3, -0.25) is 4.79 Å². The molecule has 2 rings (SSSR count). The molecule has 0 radical (unpaired) electrons. The van der Waals surface area contributed by atoms with Crippen molar-refractivity contribution in [2.24, 2.45) is 5.92 Å². The van der Waals surface area contributed by atoms with Crippen LogP contribution >= 0.6 is 0 Å². The molecule has 1 aliphatic carbocycles. The lowest BCUT2D eigenvalue weighted by Gasteiger charge is -2.28. The molecular formula is C16H26N2O2. The molecule has 1 aliphatic rings. The summed E-state index contributed by atoms with van der Waals surface area (Å²) in [5.41, 5.74) is 0. The Morgan fingerprint density at radius 2 is 2.20 bits per heavy atom. The first kappa shape index (κ1) is 15.2. The van der Waals surface area contributed by atoms with E-state index in [4.69, 9.17) is 4.74 Å². The fourth-order valence-corrected chi connectivity index (χ4v) is 3.23. The molecular weight excluding hydrogens is 252 g/mol. The first-order valence-electron chi connectivity index (χ1n) is 7.81. The first-order chi connectivity index (χ1) is 9.76. The van der Waals surface area contributed by atoms with Crippen LogP contribution in [-0.4, -0.2) is 28.5 Å². The van der Waals surface area contributed by atoms with E-state index in [-0.39, 0.29) is 11.9 Å². The van der Waals surface area contributed by atoms with E-state index in [0.717, 1.165) is 31.6 Å². The predicted molar refractivity (Wildman–Crippen MR) is 78.6 cm³/mol. The summed E-state index contributed by atoms with van der Waals surface area (Å²) in [5, 5.41) is 0. The first-order valence-corrected chi connectivity index (χ1v) is 7.81. The summed E-state index contributed by atoms with van der Waals surface area (Å²) in [6, 6.07) is 0. The quantitative estimate of drug-likeness (QED) is 0.770. The minimum absolute atomic E-state index is 0.183. The number of aromatic nitrogens is 2. The van der Waals surface area contributed by atoms with Crippen molar-refractivity contribution in [2.75, 3.05) is 7.11 Å². The summed E-state index contributed by atoms with van der Waals surface area (Å²) in [6.45, 7) is 3.05. The number of hydrogen-bond acceptors (Lipinski definition) is 3. The van der Waals surface area contributed by atoms with Crippen LogP contribution in [0.3, 0.4) is 0 Å². The van der Waals surface area contributed by atoms with Crippen molar-refractivity contribution in [3.05, 3.63) is 18.2 Å². The molecule has 0 aliphatic heterocycles. The van der Waals surface area contributed by atoms with Gasteiger partial charge in [0.1, 0.15) is 11.9 Å². The monoisotopic (exact) mass is 278 g/mol. The number of imidazole rings is 1. The lowest BCUT2D eigenvalue weighted by Crippen LogP contribution is -2.34.